The van der Waals surface area contributed by atoms with Crippen molar-refractivity contribution in [1.29, 1.82) is 0 Å². The van der Waals surface area contributed by atoms with Crippen LogP contribution in [0.15, 0.2) is 30.3 Å². The molecule has 1 heterocycles. The number of hydrogen-bond acceptors (Lipinski definition) is 2. The SMILES string of the molecule is O=C(NC1CCNC(Cc2ccccc2)C1)C(F)(F)F. The summed E-state index contributed by atoms with van der Waals surface area (Å²) in [4.78, 5) is 10.9. The van der Waals surface area contributed by atoms with Crippen LogP contribution in [-0.4, -0.2) is 30.7 Å². The Morgan fingerprint density at radius 1 is 1.30 bits per heavy atom. The molecule has 20 heavy (non-hydrogen) atoms. The molecular formula is C14H17F3N2O. The van der Waals surface area contributed by atoms with Crippen LogP contribution in [0.25, 0.3) is 0 Å². The smallest absolute Gasteiger partial charge is 0.345 e. The lowest BCUT2D eigenvalue weighted by atomic mass is 9.94. The van der Waals surface area contributed by atoms with Crippen LogP contribution < -0.4 is 10.6 Å². The van der Waals surface area contributed by atoms with Gasteiger partial charge in [-0.25, -0.2) is 0 Å². The van der Waals surface area contributed by atoms with Gasteiger partial charge in [0.1, 0.15) is 0 Å². The van der Waals surface area contributed by atoms with Crippen molar-refractivity contribution in [2.24, 2.45) is 0 Å². The lowest BCUT2D eigenvalue weighted by molar-refractivity contribution is -0.174. The van der Waals surface area contributed by atoms with Gasteiger partial charge in [0.25, 0.3) is 0 Å². The fourth-order valence-corrected chi connectivity index (χ4v) is 2.46. The van der Waals surface area contributed by atoms with E-state index in [1.807, 2.05) is 30.3 Å². The van der Waals surface area contributed by atoms with E-state index in [1.165, 1.54) is 0 Å². The first-order valence-corrected chi connectivity index (χ1v) is 6.60. The van der Waals surface area contributed by atoms with Crippen molar-refractivity contribution >= 4 is 5.91 Å². The molecule has 0 spiro atoms. The normalized spacial score (nSPS) is 23.4. The second kappa shape index (κ2) is 6.26. The quantitative estimate of drug-likeness (QED) is 0.892. The Kier molecular flexibility index (Phi) is 4.65. The lowest BCUT2D eigenvalue weighted by Crippen LogP contribution is -2.51. The summed E-state index contributed by atoms with van der Waals surface area (Å²) in [5.74, 6) is -1.84. The summed E-state index contributed by atoms with van der Waals surface area (Å²) < 4.78 is 36.7. The number of amides is 1. The summed E-state index contributed by atoms with van der Waals surface area (Å²) >= 11 is 0. The Bertz CT molecular complexity index is 447. The van der Waals surface area contributed by atoms with E-state index in [9.17, 15) is 18.0 Å². The first kappa shape index (κ1) is 14.8. The van der Waals surface area contributed by atoms with Crippen LogP contribution >= 0.6 is 0 Å². The summed E-state index contributed by atoms with van der Waals surface area (Å²) in [6.45, 7) is 0.611. The van der Waals surface area contributed by atoms with Gasteiger partial charge in [-0.3, -0.25) is 4.79 Å². The van der Waals surface area contributed by atoms with Crippen molar-refractivity contribution in [2.45, 2.75) is 37.5 Å². The van der Waals surface area contributed by atoms with E-state index in [2.05, 4.69) is 10.6 Å². The zero-order chi connectivity index (χ0) is 14.6. The highest BCUT2D eigenvalue weighted by Crippen LogP contribution is 2.18. The number of rotatable bonds is 3. The Hall–Kier alpha value is -1.56. The molecule has 2 rings (SSSR count). The van der Waals surface area contributed by atoms with E-state index in [0.717, 1.165) is 12.0 Å². The molecule has 1 aliphatic heterocycles. The molecule has 1 aromatic rings. The molecule has 1 aliphatic rings. The first-order valence-electron chi connectivity index (χ1n) is 6.60. The van der Waals surface area contributed by atoms with Crippen LogP contribution in [0.5, 0.6) is 0 Å². The Labute approximate surface area is 115 Å². The monoisotopic (exact) mass is 286 g/mol. The van der Waals surface area contributed by atoms with Gasteiger partial charge in [0.2, 0.25) is 0 Å². The van der Waals surface area contributed by atoms with Gasteiger partial charge < -0.3 is 10.6 Å². The molecule has 0 radical (unpaired) electrons. The van der Waals surface area contributed by atoms with Crippen molar-refractivity contribution < 1.29 is 18.0 Å². The van der Waals surface area contributed by atoms with E-state index in [4.69, 9.17) is 0 Å². The highest BCUT2D eigenvalue weighted by atomic mass is 19.4. The summed E-state index contributed by atoms with van der Waals surface area (Å²) in [5, 5.41) is 5.35. The standard InChI is InChI=1S/C14H17F3N2O/c15-14(16,17)13(20)19-11-6-7-18-12(9-11)8-10-4-2-1-3-5-10/h1-5,11-12,18H,6-9H2,(H,19,20). The number of alkyl halides is 3. The first-order chi connectivity index (χ1) is 9.45. The van der Waals surface area contributed by atoms with Gasteiger partial charge in [-0.15, -0.1) is 0 Å². The summed E-state index contributed by atoms with van der Waals surface area (Å²) in [5.41, 5.74) is 1.13. The number of nitrogens with one attached hydrogen (secondary N) is 2. The molecule has 0 bridgehead atoms. The lowest BCUT2D eigenvalue weighted by Gasteiger charge is -2.31. The number of benzene rings is 1. The maximum absolute atomic E-state index is 12.2. The van der Waals surface area contributed by atoms with Crippen molar-refractivity contribution in [3.63, 3.8) is 0 Å². The molecule has 1 fully saturated rings. The molecule has 0 aliphatic carbocycles. The topological polar surface area (TPSA) is 41.1 Å². The molecule has 1 aromatic carbocycles. The van der Waals surface area contributed by atoms with Crippen LogP contribution in [0.4, 0.5) is 13.2 Å². The Morgan fingerprint density at radius 2 is 2.00 bits per heavy atom. The van der Waals surface area contributed by atoms with E-state index in [-0.39, 0.29) is 6.04 Å². The zero-order valence-electron chi connectivity index (χ0n) is 10.9. The third-order valence-corrected chi connectivity index (χ3v) is 3.41. The number of carbonyl (C=O) groups is 1. The molecular weight excluding hydrogens is 269 g/mol. The van der Waals surface area contributed by atoms with Crippen LogP contribution in [0.3, 0.4) is 0 Å². The van der Waals surface area contributed by atoms with Gasteiger partial charge in [-0.2, -0.15) is 13.2 Å². The number of halogens is 3. The summed E-state index contributed by atoms with van der Waals surface area (Å²) in [6, 6.07) is 9.43. The van der Waals surface area contributed by atoms with Crippen LogP contribution in [0.2, 0.25) is 0 Å². The van der Waals surface area contributed by atoms with Crippen molar-refractivity contribution in [3.05, 3.63) is 35.9 Å². The molecule has 0 saturated carbocycles. The summed E-state index contributed by atoms with van der Waals surface area (Å²) in [6.07, 6.45) is -3.02. The number of piperidine rings is 1. The average Bonchev–Trinajstić information content (AvgIpc) is 2.39. The maximum atomic E-state index is 12.2. The van der Waals surface area contributed by atoms with Gasteiger partial charge in [-0.05, 0) is 31.4 Å². The molecule has 3 nitrogen and oxygen atoms in total. The molecule has 1 amide bonds. The fourth-order valence-electron chi connectivity index (χ4n) is 2.46. The molecule has 1 saturated heterocycles. The third-order valence-electron chi connectivity index (χ3n) is 3.41. The van der Waals surface area contributed by atoms with E-state index < -0.39 is 18.1 Å². The highest BCUT2D eigenvalue weighted by Gasteiger charge is 2.40. The minimum Gasteiger partial charge on any atom is -0.345 e. The molecule has 0 aromatic heterocycles. The molecule has 2 atom stereocenters. The van der Waals surface area contributed by atoms with E-state index in [1.54, 1.807) is 0 Å². The highest BCUT2D eigenvalue weighted by molar-refractivity contribution is 5.81. The minimum absolute atomic E-state index is 0.0877. The minimum atomic E-state index is -4.81. The maximum Gasteiger partial charge on any atom is 0.471 e. The largest absolute Gasteiger partial charge is 0.471 e. The second-order valence-corrected chi connectivity index (χ2v) is 5.03. The Morgan fingerprint density at radius 3 is 2.65 bits per heavy atom. The second-order valence-electron chi connectivity index (χ2n) is 5.03. The fraction of sp³-hybridized carbons (Fsp3) is 0.500. The Balaban J connectivity index is 1.87. The summed E-state index contributed by atoms with van der Waals surface area (Å²) in [7, 11) is 0. The van der Waals surface area contributed by atoms with Crippen molar-refractivity contribution in [3.8, 4) is 0 Å². The van der Waals surface area contributed by atoms with Gasteiger partial charge in [0, 0.05) is 12.1 Å². The number of carbonyl (C=O) groups excluding carboxylic acids is 1. The molecule has 110 valence electrons. The van der Waals surface area contributed by atoms with Gasteiger partial charge in [0.15, 0.2) is 0 Å². The zero-order valence-corrected chi connectivity index (χ0v) is 10.9. The predicted molar refractivity (Wildman–Crippen MR) is 69.2 cm³/mol. The van der Waals surface area contributed by atoms with Crippen molar-refractivity contribution in [1.82, 2.24) is 10.6 Å². The average molecular weight is 286 g/mol. The predicted octanol–water partition coefficient (Wildman–Crippen LogP) is 2.03. The van der Waals surface area contributed by atoms with Gasteiger partial charge in [-0.1, -0.05) is 30.3 Å². The van der Waals surface area contributed by atoms with Crippen molar-refractivity contribution in [2.75, 3.05) is 6.54 Å². The van der Waals surface area contributed by atoms with Gasteiger partial charge in [0.05, 0.1) is 0 Å². The van der Waals surface area contributed by atoms with Crippen LogP contribution in [0, 0.1) is 0 Å². The molecule has 2 N–H and O–H groups in total. The van der Waals surface area contributed by atoms with Crippen LogP contribution in [-0.2, 0) is 11.2 Å². The number of hydrogen-bond donors (Lipinski definition) is 2. The van der Waals surface area contributed by atoms with Crippen LogP contribution in [0.1, 0.15) is 18.4 Å². The van der Waals surface area contributed by atoms with E-state index in [0.29, 0.717) is 19.4 Å². The third kappa shape index (κ3) is 4.23. The van der Waals surface area contributed by atoms with E-state index >= 15 is 0 Å². The molecule has 6 heteroatoms. The van der Waals surface area contributed by atoms with Gasteiger partial charge >= 0.3 is 12.1 Å². The molecule has 2 unspecified atom stereocenters.